The van der Waals surface area contributed by atoms with Crippen LogP contribution < -0.4 is 20.1 Å². The Morgan fingerprint density at radius 2 is 2.00 bits per heavy atom. The van der Waals surface area contributed by atoms with E-state index < -0.39 is 15.8 Å². The summed E-state index contributed by atoms with van der Waals surface area (Å²) >= 11 is 6.21. The number of methoxy groups -OCH3 is 2. The van der Waals surface area contributed by atoms with Crippen LogP contribution in [0.15, 0.2) is 49.5 Å². The summed E-state index contributed by atoms with van der Waals surface area (Å²) in [5.41, 5.74) is 0.929. The van der Waals surface area contributed by atoms with Crippen molar-refractivity contribution in [3.8, 4) is 11.5 Å². The van der Waals surface area contributed by atoms with Crippen LogP contribution >= 0.6 is 11.6 Å². The second-order valence-electron chi connectivity index (χ2n) is 5.23. The SMILES string of the molecule is COc1ccc(/C=N/NS(=O)(=O)c2ccc3[nH]c(=O)oc3c2)c(Cl)c1OC. The van der Waals surface area contributed by atoms with Crippen molar-refractivity contribution in [3.05, 3.63) is 51.5 Å². The van der Waals surface area contributed by atoms with Gasteiger partial charge in [0.25, 0.3) is 10.0 Å². The molecule has 0 atom stereocenters. The zero-order valence-corrected chi connectivity index (χ0v) is 15.7. The van der Waals surface area contributed by atoms with Crippen molar-refractivity contribution < 1.29 is 22.3 Å². The molecule has 0 amide bonds. The number of ether oxygens (including phenoxy) is 2. The summed E-state index contributed by atoms with van der Waals surface area (Å²) in [6, 6.07) is 7.16. The number of hydrogen-bond acceptors (Lipinski definition) is 7. The highest BCUT2D eigenvalue weighted by Gasteiger charge is 2.16. The lowest BCUT2D eigenvalue weighted by Crippen LogP contribution is -2.18. The normalized spacial score (nSPS) is 11.8. The minimum atomic E-state index is -3.98. The number of benzene rings is 2. The van der Waals surface area contributed by atoms with Gasteiger partial charge in [-0.05, 0) is 24.3 Å². The third-order valence-corrected chi connectivity index (χ3v) is 5.20. The molecule has 0 bridgehead atoms. The molecule has 1 aromatic heterocycles. The molecule has 1 heterocycles. The molecule has 27 heavy (non-hydrogen) atoms. The van der Waals surface area contributed by atoms with Gasteiger partial charge in [0, 0.05) is 11.6 Å². The summed E-state index contributed by atoms with van der Waals surface area (Å²) < 4.78 is 39.9. The number of hydrogen-bond donors (Lipinski definition) is 2. The number of nitrogens with one attached hydrogen (secondary N) is 2. The predicted molar refractivity (Wildman–Crippen MR) is 99.3 cm³/mol. The van der Waals surface area contributed by atoms with Crippen molar-refractivity contribution >= 4 is 38.9 Å². The number of hydrazone groups is 1. The van der Waals surface area contributed by atoms with E-state index in [9.17, 15) is 13.2 Å². The number of rotatable bonds is 6. The standard InChI is InChI=1S/C16H14ClN3O6S/c1-24-12-6-3-9(14(17)15(12)25-2)8-18-20-27(22,23)10-4-5-11-13(7-10)26-16(21)19-11/h3-8,20H,1-2H3,(H,19,21)/b18-8+. The molecular weight excluding hydrogens is 398 g/mol. The molecule has 0 saturated heterocycles. The van der Waals surface area contributed by atoms with E-state index in [0.717, 1.165) is 0 Å². The lowest BCUT2D eigenvalue weighted by molar-refractivity contribution is 0.355. The van der Waals surface area contributed by atoms with Crippen LogP contribution in [0, 0.1) is 0 Å². The van der Waals surface area contributed by atoms with Gasteiger partial charge in [0.15, 0.2) is 17.1 Å². The molecular formula is C16H14ClN3O6S. The number of nitrogens with zero attached hydrogens (tertiary/aromatic N) is 1. The van der Waals surface area contributed by atoms with E-state index in [0.29, 0.717) is 22.6 Å². The summed E-state index contributed by atoms with van der Waals surface area (Å²) in [6.45, 7) is 0. The Labute approximate surface area is 158 Å². The van der Waals surface area contributed by atoms with Crippen LogP contribution in [0.2, 0.25) is 5.02 Å². The second-order valence-corrected chi connectivity index (χ2v) is 7.27. The summed E-state index contributed by atoms with van der Waals surface area (Å²) in [4.78, 5) is 15.5. The van der Waals surface area contributed by atoms with E-state index in [-0.39, 0.29) is 15.5 Å². The predicted octanol–water partition coefficient (Wildman–Crippen LogP) is 2.10. The highest BCUT2D eigenvalue weighted by molar-refractivity contribution is 7.89. The fraction of sp³-hybridized carbons (Fsp3) is 0.125. The van der Waals surface area contributed by atoms with Crippen LogP contribution in [0.3, 0.4) is 0 Å². The van der Waals surface area contributed by atoms with Gasteiger partial charge in [-0.15, -0.1) is 0 Å². The van der Waals surface area contributed by atoms with Gasteiger partial charge in [-0.2, -0.15) is 13.5 Å². The summed E-state index contributed by atoms with van der Waals surface area (Å²) in [5, 5.41) is 3.94. The van der Waals surface area contributed by atoms with Gasteiger partial charge in [0.2, 0.25) is 0 Å². The van der Waals surface area contributed by atoms with Gasteiger partial charge in [-0.1, -0.05) is 11.6 Å². The maximum absolute atomic E-state index is 12.3. The Balaban J connectivity index is 1.85. The topological polar surface area (TPSA) is 123 Å². The first kappa shape index (κ1) is 18.8. The van der Waals surface area contributed by atoms with Crippen LogP contribution in [-0.2, 0) is 10.0 Å². The van der Waals surface area contributed by atoms with E-state index in [1.807, 2.05) is 0 Å². The van der Waals surface area contributed by atoms with E-state index in [2.05, 4.69) is 14.9 Å². The number of oxazole rings is 1. The summed E-state index contributed by atoms with van der Waals surface area (Å²) in [5.74, 6) is 0.0639. The number of aromatic nitrogens is 1. The number of aromatic amines is 1. The molecule has 0 spiro atoms. The summed E-state index contributed by atoms with van der Waals surface area (Å²) in [7, 11) is -1.07. The van der Waals surface area contributed by atoms with Crippen molar-refractivity contribution in [2.75, 3.05) is 14.2 Å². The van der Waals surface area contributed by atoms with Crippen molar-refractivity contribution in [2.24, 2.45) is 5.10 Å². The third kappa shape index (κ3) is 3.76. The van der Waals surface area contributed by atoms with E-state index in [1.165, 1.54) is 38.6 Å². The van der Waals surface area contributed by atoms with Crippen molar-refractivity contribution in [1.29, 1.82) is 0 Å². The van der Waals surface area contributed by atoms with Crippen LogP contribution in [-0.4, -0.2) is 33.8 Å². The first-order valence-corrected chi connectivity index (χ1v) is 9.30. The van der Waals surface area contributed by atoms with Gasteiger partial charge >= 0.3 is 5.76 Å². The Hall–Kier alpha value is -2.98. The van der Waals surface area contributed by atoms with Crippen molar-refractivity contribution in [2.45, 2.75) is 4.90 Å². The maximum Gasteiger partial charge on any atom is 0.417 e. The molecule has 2 aromatic carbocycles. The molecule has 3 rings (SSSR count). The average Bonchev–Trinajstić information content (AvgIpc) is 3.01. The van der Waals surface area contributed by atoms with Crippen LogP contribution in [0.4, 0.5) is 0 Å². The number of halogens is 1. The van der Waals surface area contributed by atoms with Crippen LogP contribution in [0.5, 0.6) is 11.5 Å². The van der Waals surface area contributed by atoms with Gasteiger partial charge in [-0.25, -0.2) is 9.63 Å². The zero-order chi connectivity index (χ0) is 19.6. The van der Waals surface area contributed by atoms with E-state index in [1.54, 1.807) is 12.1 Å². The zero-order valence-electron chi connectivity index (χ0n) is 14.1. The van der Waals surface area contributed by atoms with Gasteiger partial charge in [0.1, 0.15) is 0 Å². The Morgan fingerprint density at radius 3 is 2.70 bits per heavy atom. The molecule has 3 aromatic rings. The molecule has 0 aliphatic carbocycles. The van der Waals surface area contributed by atoms with Crippen LogP contribution in [0.25, 0.3) is 11.1 Å². The average molecular weight is 412 g/mol. The third-order valence-electron chi connectivity index (χ3n) is 3.59. The first-order chi connectivity index (χ1) is 12.9. The monoisotopic (exact) mass is 411 g/mol. The molecule has 2 N–H and O–H groups in total. The molecule has 142 valence electrons. The number of fused-ring (bicyclic) bond motifs is 1. The maximum atomic E-state index is 12.3. The van der Waals surface area contributed by atoms with Gasteiger partial charge < -0.3 is 13.9 Å². The first-order valence-electron chi connectivity index (χ1n) is 7.44. The Kier molecular flexibility index (Phi) is 5.10. The minimum Gasteiger partial charge on any atom is -0.493 e. The number of H-pyrrole nitrogens is 1. The molecule has 0 aliphatic heterocycles. The fourth-order valence-corrected chi connectivity index (χ4v) is 3.40. The molecule has 0 fully saturated rings. The minimum absolute atomic E-state index is 0.117. The molecule has 0 aliphatic rings. The van der Waals surface area contributed by atoms with Crippen molar-refractivity contribution in [1.82, 2.24) is 9.82 Å². The van der Waals surface area contributed by atoms with Crippen LogP contribution in [0.1, 0.15) is 5.56 Å². The highest BCUT2D eigenvalue weighted by atomic mass is 35.5. The lowest BCUT2D eigenvalue weighted by atomic mass is 10.2. The Bertz CT molecular complexity index is 1180. The molecule has 0 unspecified atom stereocenters. The van der Waals surface area contributed by atoms with E-state index in [4.69, 9.17) is 25.5 Å². The quantitative estimate of drug-likeness (QED) is 0.473. The Morgan fingerprint density at radius 1 is 1.22 bits per heavy atom. The smallest absolute Gasteiger partial charge is 0.417 e. The lowest BCUT2D eigenvalue weighted by Gasteiger charge is -2.10. The van der Waals surface area contributed by atoms with E-state index >= 15 is 0 Å². The molecule has 9 nitrogen and oxygen atoms in total. The van der Waals surface area contributed by atoms with Gasteiger partial charge in [-0.3, -0.25) is 4.98 Å². The largest absolute Gasteiger partial charge is 0.493 e. The highest BCUT2D eigenvalue weighted by Crippen LogP contribution is 2.36. The number of sulfonamides is 1. The molecule has 11 heteroatoms. The summed E-state index contributed by atoms with van der Waals surface area (Å²) in [6.07, 6.45) is 1.23. The second kappa shape index (κ2) is 7.33. The molecule has 0 radical (unpaired) electrons. The van der Waals surface area contributed by atoms with Crippen molar-refractivity contribution in [3.63, 3.8) is 0 Å². The fourth-order valence-electron chi connectivity index (χ4n) is 2.32. The van der Waals surface area contributed by atoms with Gasteiger partial charge in [0.05, 0.1) is 35.9 Å². The molecule has 0 saturated carbocycles.